The quantitative estimate of drug-likeness (QED) is 0.551. The summed E-state index contributed by atoms with van der Waals surface area (Å²) in [7, 11) is 0. The third-order valence-corrected chi connectivity index (χ3v) is 6.64. The number of nitrogens with zero attached hydrogens (tertiary/aromatic N) is 1. The van der Waals surface area contributed by atoms with Gasteiger partial charge in [0.2, 0.25) is 0 Å². The number of rotatable bonds is 2. The lowest BCUT2D eigenvalue weighted by Gasteiger charge is -2.06. The van der Waals surface area contributed by atoms with Crippen LogP contribution in [0.15, 0.2) is 58.9 Å². The minimum Gasteiger partial charge on any atom is -0.312 e. The minimum atomic E-state index is 0.973. The molecular weight excluding hydrogens is 320 g/mol. The van der Waals surface area contributed by atoms with Gasteiger partial charge in [0.1, 0.15) is 0 Å². The normalized spacial score (nSPS) is 14.4. The van der Waals surface area contributed by atoms with Crippen molar-refractivity contribution >= 4 is 44.3 Å². The zero-order valence-corrected chi connectivity index (χ0v) is 14.2. The molecule has 0 amide bonds. The molecule has 4 aromatic rings. The second kappa shape index (κ2) is 5.41. The van der Waals surface area contributed by atoms with Gasteiger partial charge in [0.25, 0.3) is 0 Å². The average molecular weight is 336 g/mol. The Morgan fingerprint density at radius 1 is 1.04 bits per heavy atom. The molecule has 114 valence electrons. The van der Waals surface area contributed by atoms with Gasteiger partial charge in [-0.3, -0.25) is 3.97 Å². The summed E-state index contributed by atoms with van der Waals surface area (Å²) in [6, 6.07) is 15.3. The van der Waals surface area contributed by atoms with Crippen LogP contribution in [0.2, 0.25) is 0 Å². The molecular formula is C19H16N2S2. The van der Waals surface area contributed by atoms with Crippen LogP contribution >= 0.6 is 23.3 Å². The SMILES string of the molecule is c1ccc2c(Sn3cc4c5c(cccc53)CNCC4)csc2c1. The first-order valence-electron chi connectivity index (χ1n) is 7.87. The standard InChI is InChI=1S/C19H16N2S2/c1-2-7-17-15(5-1)18(12-22-17)23-21-11-14-8-9-20-10-13-4-3-6-16(21)19(13)14/h1-7,11-12,20H,8-10H2. The molecule has 0 atom stereocenters. The van der Waals surface area contributed by atoms with Gasteiger partial charge in [-0.1, -0.05) is 30.3 Å². The predicted molar refractivity (Wildman–Crippen MR) is 100 cm³/mol. The van der Waals surface area contributed by atoms with Crippen molar-refractivity contribution in [2.24, 2.45) is 0 Å². The molecule has 5 rings (SSSR count). The summed E-state index contributed by atoms with van der Waals surface area (Å²) < 4.78 is 3.71. The van der Waals surface area contributed by atoms with Crippen LogP contribution in [0.25, 0.3) is 21.0 Å². The first-order valence-corrected chi connectivity index (χ1v) is 9.52. The van der Waals surface area contributed by atoms with Crippen molar-refractivity contribution in [2.45, 2.75) is 17.9 Å². The first-order chi connectivity index (χ1) is 11.4. The monoisotopic (exact) mass is 336 g/mol. The van der Waals surface area contributed by atoms with Gasteiger partial charge in [-0.05, 0) is 48.2 Å². The Hall–Kier alpha value is -1.75. The van der Waals surface area contributed by atoms with E-state index in [-0.39, 0.29) is 0 Å². The molecule has 4 heteroatoms. The second-order valence-corrected chi connectivity index (χ2v) is 7.83. The van der Waals surface area contributed by atoms with Gasteiger partial charge >= 0.3 is 0 Å². The molecule has 1 aliphatic rings. The number of benzene rings is 2. The van der Waals surface area contributed by atoms with Gasteiger partial charge in [0, 0.05) is 38.5 Å². The molecule has 0 saturated carbocycles. The van der Waals surface area contributed by atoms with Gasteiger partial charge in [-0.15, -0.1) is 11.3 Å². The van der Waals surface area contributed by atoms with Crippen LogP contribution in [0.3, 0.4) is 0 Å². The van der Waals surface area contributed by atoms with Crippen molar-refractivity contribution < 1.29 is 0 Å². The summed E-state index contributed by atoms with van der Waals surface area (Å²) in [4.78, 5) is 1.34. The maximum atomic E-state index is 3.52. The van der Waals surface area contributed by atoms with Crippen LogP contribution < -0.4 is 5.32 Å². The number of nitrogens with one attached hydrogen (secondary N) is 1. The van der Waals surface area contributed by atoms with Crippen molar-refractivity contribution in [3.05, 3.63) is 65.2 Å². The second-order valence-electron chi connectivity index (χ2n) is 5.91. The molecule has 2 aromatic carbocycles. The van der Waals surface area contributed by atoms with Gasteiger partial charge in [0.05, 0.1) is 5.52 Å². The van der Waals surface area contributed by atoms with E-state index in [1.165, 1.54) is 37.0 Å². The van der Waals surface area contributed by atoms with E-state index in [2.05, 4.69) is 63.3 Å². The highest BCUT2D eigenvalue weighted by Gasteiger charge is 2.16. The Labute approximate surface area is 143 Å². The fourth-order valence-electron chi connectivity index (χ4n) is 3.41. The van der Waals surface area contributed by atoms with E-state index in [0.717, 1.165) is 19.5 Å². The molecule has 0 unspecified atom stereocenters. The van der Waals surface area contributed by atoms with Crippen molar-refractivity contribution in [3.63, 3.8) is 0 Å². The summed E-state index contributed by atoms with van der Waals surface area (Å²) in [6.07, 6.45) is 3.43. The third kappa shape index (κ3) is 2.21. The van der Waals surface area contributed by atoms with Crippen LogP contribution in [0.1, 0.15) is 11.1 Å². The molecule has 1 aliphatic heterocycles. The molecule has 0 fully saturated rings. The summed E-state index contributed by atoms with van der Waals surface area (Å²) in [6.45, 7) is 2.03. The van der Waals surface area contributed by atoms with Crippen LogP contribution in [0, 0.1) is 0 Å². The lowest BCUT2D eigenvalue weighted by molar-refractivity contribution is 0.701. The smallest absolute Gasteiger partial charge is 0.0600 e. The maximum Gasteiger partial charge on any atom is 0.0600 e. The fraction of sp³-hybridized carbons (Fsp3) is 0.158. The van der Waals surface area contributed by atoms with Crippen molar-refractivity contribution in [3.8, 4) is 0 Å². The van der Waals surface area contributed by atoms with Crippen molar-refractivity contribution in [2.75, 3.05) is 6.54 Å². The van der Waals surface area contributed by atoms with Gasteiger partial charge in [-0.25, -0.2) is 0 Å². The molecule has 0 bridgehead atoms. The summed E-state index contributed by atoms with van der Waals surface area (Å²) in [5.41, 5.74) is 4.22. The Bertz CT molecular complexity index is 1010. The van der Waals surface area contributed by atoms with Gasteiger partial charge in [0.15, 0.2) is 0 Å². The van der Waals surface area contributed by atoms with Gasteiger partial charge in [-0.2, -0.15) is 0 Å². The van der Waals surface area contributed by atoms with E-state index < -0.39 is 0 Å². The predicted octanol–water partition coefficient (Wildman–Crippen LogP) is 5.06. The van der Waals surface area contributed by atoms with Crippen LogP contribution in [0.5, 0.6) is 0 Å². The zero-order valence-electron chi connectivity index (χ0n) is 12.6. The maximum absolute atomic E-state index is 3.52. The summed E-state index contributed by atoms with van der Waals surface area (Å²) >= 11 is 3.67. The number of hydrogen-bond donors (Lipinski definition) is 1. The van der Waals surface area contributed by atoms with E-state index in [9.17, 15) is 0 Å². The van der Waals surface area contributed by atoms with Crippen molar-refractivity contribution in [1.29, 1.82) is 0 Å². The Morgan fingerprint density at radius 2 is 2.00 bits per heavy atom. The largest absolute Gasteiger partial charge is 0.312 e. The topological polar surface area (TPSA) is 17.0 Å². The molecule has 3 heterocycles. The molecule has 2 aromatic heterocycles. The highest BCUT2D eigenvalue weighted by Crippen LogP contribution is 2.37. The van der Waals surface area contributed by atoms with E-state index in [4.69, 9.17) is 0 Å². The minimum absolute atomic E-state index is 0.973. The van der Waals surface area contributed by atoms with Crippen LogP contribution in [-0.2, 0) is 13.0 Å². The van der Waals surface area contributed by atoms with E-state index in [1.807, 2.05) is 23.3 Å². The van der Waals surface area contributed by atoms with E-state index >= 15 is 0 Å². The molecule has 0 aliphatic carbocycles. The number of aromatic nitrogens is 1. The zero-order chi connectivity index (χ0) is 15.2. The van der Waals surface area contributed by atoms with E-state index in [1.54, 1.807) is 0 Å². The number of thiophene rings is 1. The molecule has 0 spiro atoms. The van der Waals surface area contributed by atoms with Crippen molar-refractivity contribution in [1.82, 2.24) is 9.29 Å². The average Bonchev–Trinajstić information content (AvgIpc) is 3.08. The summed E-state index contributed by atoms with van der Waals surface area (Å²) in [5, 5.41) is 8.60. The molecule has 0 radical (unpaired) electrons. The highest BCUT2D eigenvalue weighted by atomic mass is 32.2. The highest BCUT2D eigenvalue weighted by molar-refractivity contribution is 7.98. The lowest BCUT2D eigenvalue weighted by Crippen LogP contribution is -2.13. The molecule has 1 N–H and O–H groups in total. The molecule has 0 saturated heterocycles. The van der Waals surface area contributed by atoms with Gasteiger partial charge < -0.3 is 5.32 Å². The first kappa shape index (κ1) is 13.7. The lowest BCUT2D eigenvalue weighted by atomic mass is 10.1. The molecule has 23 heavy (non-hydrogen) atoms. The number of fused-ring (bicyclic) bond motifs is 1. The summed E-state index contributed by atoms with van der Waals surface area (Å²) in [5.74, 6) is 0. The van der Waals surface area contributed by atoms with Crippen LogP contribution in [0.4, 0.5) is 0 Å². The third-order valence-electron chi connectivity index (χ3n) is 4.49. The Morgan fingerprint density at radius 3 is 3.00 bits per heavy atom. The fourth-order valence-corrected chi connectivity index (χ4v) is 5.53. The number of hydrogen-bond acceptors (Lipinski definition) is 3. The Balaban J connectivity index is 1.66. The van der Waals surface area contributed by atoms with E-state index in [0.29, 0.717) is 0 Å². The van der Waals surface area contributed by atoms with Crippen LogP contribution in [-0.4, -0.2) is 10.5 Å². The molecule has 2 nitrogen and oxygen atoms in total. The Kier molecular flexibility index (Phi) is 3.21.